The van der Waals surface area contributed by atoms with E-state index in [0.717, 1.165) is 70.7 Å². The molecule has 6 heteroatoms. The summed E-state index contributed by atoms with van der Waals surface area (Å²) in [5, 5.41) is 4.53. The van der Waals surface area contributed by atoms with Crippen LogP contribution < -0.4 is 0 Å². The minimum absolute atomic E-state index is 0.608. The van der Waals surface area contributed by atoms with Gasteiger partial charge in [-0.2, -0.15) is 0 Å². The molecule has 0 spiro atoms. The van der Waals surface area contributed by atoms with Crippen LogP contribution in [0.4, 0.5) is 0 Å². The van der Waals surface area contributed by atoms with Crippen molar-refractivity contribution in [3.63, 3.8) is 0 Å². The van der Waals surface area contributed by atoms with E-state index in [-0.39, 0.29) is 0 Å². The van der Waals surface area contributed by atoms with Crippen LogP contribution in [0.2, 0.25) is 0 Å². The van der Waals surface area contributed by atoms with Gasteiger partial charge in [0.25, 0.3) is 0 Å². The molecule has 0 N–H and O–H groups in total. The molecule has 0 bridgehead atoms. The monoisotopic (exact) mass is 734 g/mol. The summed E-state index contributed by atoms with van der Waals surface area (Å²) >= 11 is 1.78. The van der Waals surface area contributed by atoms with Gasteiger partial charge in [-0.25, -0.2) is 19.9 Å². The Hall–Kier alpha value is -7.28. The summed E-state index contributed by atoms with van der Waals surface area (Å²) in [7, 11) is 0. The second-order valence-electron chi connectivity index (χ2n) is 13.9. The number of aromatic nitrogens is 4. The van der Waals surface area contributed by atoms with Gasteiger partial charge in [0.05, 0.1) is 0 Å². The van der Waals surface area contributed by atoms with Crippen LogP contribution in [0.5, 0.6) is 0 Å². The minimum Gasteiger partial charge on any atom is -0.435 e. The predicted octanol–water partition coefficient (Wildman–Crippen LogP) is 13.5. The second kappa shape index (κ2) is 13.2. The summed E-state index contributed by atoms with van der Waals surface area (Å²) in [5.41, 5.74) is 9.85. The van der Waals surface area contributed by atoms with Crippen LogP contribution in [0.1, 0.15) is 0 Å². The van der Waals surface area contributed by atoms with Gasteiger partial charge in [0, 0.05) is 48.0 Å². The van der Waals surface area contributed by atoms with Gasteiger partial charge in [-0.05, 0) is 69.9 Å². The van der Waals surface area contributed by atoms with Gasteiger partial charge >= 0.3 is 0 Å². The van der Waals surface area contributed by atoms with Gasteiger partial charge in [0.15, 0.2) is 23.1 Å². The summed E-state index contributed by atoms with van der Waals surface area (Å²) in [6.45, 7) is 0. The van der Waals surface area contributed by atoms with Crippen molar-refractivity contribution < 1.29 is 4.42 Å². The summed E-state index contributed by atoms with van der Waals surface area (Å²) in [6.07, 6.45) is 0. The van der Waals surface area contributed by atoms with Crippen molar-refractivity contribution in [2.45, 2.75) is 0 Å². The smallest absolute Gasteiger partial charge is 0.227 e. The van der Waals surface area contributed by atoms with E-state index < -0.39 is 0 Å². The zero-order valence-electron chi connectivity index (χ0n) is 29.9. The maximum Gasteiger partial charge on any atom is 0.227 e. The van der Waals surface area contributed by atoms with Crippen molar-refractivity contribution in [2.24, 2.45) is 0 Å². The van der Waals surface area contributed by atoms with Gasteiger partial charge in [-0.3, -0.25) is 0 Å². The van der Waals surface area contributed by atoms with Crippen LogP contribution in [0, 0.1) is 0 Å². The zero-order valence-corrected chi connectivity index (χ0v) is 30.7. The van der Waals surface area contributed by atoms with Crippen LogP contribution in [-0.4, -0.2) is 19.9 Å². The summed E-state index contributed by atoms with van der Waals surface area (Å²) in [4.78, 5) is 20.3. The number of hydrogen-bond donors (Lipinski definition) is 0. The number of hydrogen-bond acceptors (Lipinski definition) is 6. The largest absolute Gasteiger partial charge is 0.435 e. The fourth-order valence-corrected chi connectivity index (χ4v) is 8.80. The first-order chi connectivity index (χ1) is 27.7. The molecule has 0 fully saturated rings. The van der Waals surface area contributed by atoms with Crippen LogP contribution in [-0.2, 0) is 0 Å². The molecule has 262 valence electrons. The SMILES string of the molecule is c1ccc(-c2ccc3cc(-c4nc(-c5ccccc5)nc(-c5cccc(-c6cc7nc(-c8ccccc8)oc7c7c6sc6ccccc67)c5)n4)ccc3c2)cc1. The Morgan fingerprint density at radius 3 is 1.68 bits per heavy atom. The van der Waals surface area contributed by atoms with Gasteiger partial charge in [-0.15, -0.1) is 11.3 Å². The van der Waals surface area contributed by atoms with E-state index >= 15 is 0 Å². The molecule has 3 aromatic heterocycles. The lowest BCUT2D eigenvalue weighted by atomic mass is 9.99. The normalized spacial score (nSPS) is 11.6. The third-order valence-corrected chi connectivity index (χ3v) is 11.5. The van der Waals surface area contributed by atoms with Gasteiger partial charge < -0.3 is 4.42 Å². The van der Waals surface area contributed by atoms with E-state index in [9.17, 15) is 0 Å². The fourth-order valence-electron chi connectivity index (χ4n) is 7.56. The van der Waals surface area contributed by atoms with E-state index in [1.807, 2.05) is 66.7 Å². The highest BCUT2D eigenvalue weighted by Crippen LogP contribution is 2.45. The average molecular weight is 735 g/mol. The Morgan fingerprint density at radius 2 is 0.946 bits per heavy atom. The van der Waals surface area contributed by atoms with E-state index in [1.54, 1.807) is 11.3 Å². The Labute approximate surface area is 326 Å². The molecule has 0 atom stereocenters. The van der Waals surface area contributed by atoms with Crippen LogP contribution in [0.25, 0.3) is 110 Å². The molecule has 0 radical (unpaired) electrons. The Balaban J connectivity index is 1.06. The predicted molar refractivity (Wildman–Crippen MR) is 230 cm³/mol. The van der Waals surface area contributed by atoms with E-state index in [1.165, 1.54) is 15.8 Å². The molecule has 8 aromatic carbocycles. The molecule has 5 nitrogen and oxygen atoms in total. The lowest BCUT2D eigenvalue weighted by molar-refractivity contribution is 0.623. The maximum atomic E-state index is 6.55. The molecule has 0 amide bonds. The minimum atomic E-state index is 0.608. The molecule has 0 aliphatic heterocycles. The molecule has 0 saturated heterocycles. The van der Waals surface area contributed by atoms with Crippen molar-refractivity contribution in [3.05, 3.63) is 182 Å². The summed E-state index contributed by atoms with van der Waals surface area (Å²) in [5.74, 6) is 2.47. The zero-order chi connectivity index (χ0) is 37.0. The third kappa shape index (κ3) is 5.63. The Morgan fingerprint density at radius 1 is 0.393 bits per heavy atom. The highest BCUT2D eigenvalue weighted by Gasteiger charge is 2.21. The first-order valence-electron chi connectivity index (χ1n) is 18.5. The van der Waals surface area contributed by atoms with Gasteiger partial charge in [0.1, 0.15) is 5.52 Å². The number of rotatable bonds is 6. The van der Waals surface area contributed by atoms with Gasteiger partial charge in [-0.1, -0.05) is 140 Å². The number of oxazole rings is 1. The molecular weight excluding hydrogens is 705 g/mol. The van der Waals surface area contributed by atoms with Crippen molar-refractivity contribution in [1.29, 1.82) is 0 Å². The topological polar surface area (TPSA) is 64.7 Å². The van der Waals surface area contributed by atoms with E-state index in [0.29, 0.717) is 23.4 Å². The maximum absolute atomic E-state index is 6.55. The second-order valence-corrected chi connectivity index (χ2v) is 14.9. The molecule has 0 aliphatic rings. The standard InChI is InChI=1S/C50H30N4OS/c1-4-13-31(14-5-1)34-23-24-36-28-39(26-25-35(36)27-34)49-53-47(32-15-6-2-7-16-32)52-48(54-49)38-20-12-19-37(29-38)41-30-42-45(55-50(51-42)33-17-8-3-9-18-33)44-40-21-10-11-22-43(40)56-46(41)44/h1-30H. The summed E-state index contributed by atoms with van der Waals surface area (Å²) in [6, 6.07) is 62.9. The van der Waals surface area contributed by atoms with Crippen LogP contribution in [0.3, 0.4) is 0 Å². The quantitative estimate of drug-likeness (QED) is 0.170. The van der Waals surface area contributed by atoms with E-state index in [4.69, 9.17) is 24.4 Å². The number of nitrogens with zero attached hydrogens (tertiary/aromatic N) is 4. The third-order valence-electron chi connectivity index (χ3n) is 10.3. The highest BCUT2D eigenvalue weighted by atomic mass is 32.1. The molecule has 3 heterocycles. The molecule has 0 aliphatic carbocycles. The number of fused-ring (bicyclic) bond motifs is 6. The molecule has 56 heavy (non-hydrogen) atoms. The molecule has 0 saturated carbocycles. The van der Waals surface area contributed by atoms with Crippen molar-refractivity contribution in [1.82, 2.24) is 19.9 Å². The van der Waals surface area contributed by atoms with Crippen LogP contribution in [0.15, 0.2) is 186 Å². The van der Waals surface area contributed by atoms with Crippen molar-refractivity contribution in [2.75, 3.05) is 0 Å². The van der Waals surface area contributed by atoms with Crippen molar-refractivity contribution >= 4 is 53.4 Å². The molecule has 0 unspecified atom stereocenters. The lowest BCUT2D eigenvalue weighted by Crippen LogP contribution is -2.00. The molecule has 11 rings (SSSR count). The molecule has 11 aromatic rings. The van der Waals surface area contributed by atoms with E-state index in [2.05, 4.69) is 115 Å². The fraction of sp³-hybridized carbons (Fsp3) is 0. The number of thiophene rings is 1. The number of benzene rings is 8. The lowest BCUT2D eigenvalue weighted by Gasteiger charge is -2.11. The van der Waals surface area contributed by atoms with Gasteiger partial charge in [0.2, 0.25) is 5.89 Å². The first-order valence-corrected chi connectivity index (χ1v) is 19.4. The van der Waals surface area contributed by atoms with Crippen molar-refractivity contribution in [3.8, 4) is 67.9 Å². The van der Waals surface area contributed by atoms with Crippen LogP contribution >= 0.6 is 11.3 Å². The molecular formula is C50H30N4OS. The summed E-state index contributed by atoms with van der Waals surface area (Å²) < 4.78 is 8.90. The Bertz CT molecular complexity index is 3250. The highest BCUT2D eigenvalue weighted by molar-refractivity contribution is 7.26. The first kappa shape index (κ1) is 32.2. The average Bonchev–Trinajstić information content (AvgIpc) is 3.89. The Kier molecular flexibility index (Phi) is 7.60.